The van der Waals surface area contributed by atoms with E-state index >= 15 is 0 Å². The monoisotopic (exact) mass is 244 g/mol. The molecule has 0 aliphatic carbocycles. The van der Waals surface area contributed by atoms with Crippen LogP contribution in [-0.4, -0.2) is 19.1 Å². The Hall–Kier alpha value is -1.39. The van der Waals surface area contributed by atoms with Gasteiger partial charge in [-0.1, -0.05) is 0 Å². The van der Waals surface area contributed by atoms with Crippen LogP contribution in [-0.2, 0) is 6.18 Å². The molecular weight excluding hydrogens is 229 g/mol. The van der Waals surface area contributed by atoms with Crippen molar-refractivity contribution in [1.29, 1.82) is 0 Å². The molecule has 1 N–H and O–H groups in total. The lowest BCUT2D eigenvalue weighted by Crippen LogP contribution is -2.39. The van der Waals surface area contributed by atoms with Crippen molar-refractivity contribution in [1.82, 2.24) is 0 Å². The van der Waals surface area contributed by atoms with Gasteiger partial charge in [0.05, 0.1) is 16.9 Å². The van der Waals surface area contributed by atoms with Crippen molar-refractivity contribution in [2.24, 2.45) is 0 Å². The smallest absolute Gasteiger partial charge is 0.379 e. The maximum Gasteiger partial charge on any atom is 0.416 e. The van der Waals surface area contributed by atoms with Gasteiger partial charge >= 0.3 is 6.18 Å². The van der Waals surface area contributed by atoms with Crippen LogP contribution in [0.3, 0.4) is 0 Å². The number of alkyl halides is 3. The molecule has 1 aliphatic rings. The summed E-state index contributed by atoms with van der Waals surface area (Å²) in [5.74, 6) is 0. The molecule has 0 saturated heterocycles. The van der Waals surface area contributed by atoms with Gasteiger partial charge in [-0.05, 0) is 32.0 Å². The molecule has 5 heteroatoms. The van der Waals surface area contributed by atoms with Crippen LogP contribution in [0.25, 0.3) is 0 Å². The number of rotatable bonds is 1. The molecule has 2 nitrogen and oxygen atoms in total. The van der Waals surface area contributed by atoms with E-state index in [1.54, 1.807) is 6.07 Å². The van der Waals surface area contributed by atoms with Gasteiger partial charge in [0.2, 0.25) is 0 Å². The van der Waals surface area contributed by atoms with Gasteiger partial charge in [-0.25, -0.2) is 0 Å². The second-order valence-electron chi connectivity index (χ2n) is 4.31. The fourth-order valence-electron chi connectivity index (χ4n) is 2.14. The Morgan fingerprint density at radius 2 is 2.12 bits per heavy atom. The molecule has 0 spiro atoms. The zero-order chi connectivity index (χ0) is 12.6. The van der Waals surface area contributed by atoms with Crippen molar-refractivity contribution in [2.75, 3.05) is 23.3 Å². The molecule has 0 fully saturated rings. The van der Waals surface area contributed by atoms with E-state index in [9.17, 15) is 13.2 Å². The molecular formula is C12H15F3N2. The van der Waals surface area contributed by atoms with Crippen molar-refractivity contribution in [3.63, 3.8) is 0 Å². The normalized spacial score (nSPS) is 19.8. The third-order valence-electron chi connectivity index (χ3n) is 2.94. The highest BCUT2D eigenvalue weighted by atomic mass is 19.4. The van der Waals surface area contributed by atoms with Crippen molar-refractivity contribution in [2.45, 2.75) is 26.1 Å². The molecule has 94 valence electrons. The predicted molar refractivity (Wildman–Crippen MR) is 62.4 cm³/mol. The van der Waals surface area contributed by atoms with Crippen LogP contribution >= 0.6 is 0 Å². The van der Waals surface area contributed by atoms with E-state index in [-0.39, 0.29) is 6.04 Å². The first-order chi connectivity index (χ1) is 7.91. The first kappa shape index (κ1) is 12.1. The molecule has 1 unspecified atom stereocenters. The van der Waals surface area contributed by atoms with Crippen molar-refractivity contribution in [3.05, 3.63) is 23.8 Å². The molecule has 17 heavy (non-hydrogen) atoms. The molecule has 1 aromatic rings. The lowest BCUT2D eigenvalue weighted by molar-refractivity contribution is -0.137. The average Bonchev–Trinajstić information content (AvgIpc) is 2.25. The van der Waals surface area contributed by atoms with E-state index in [1.807, 2.05) is 13.8 Å². The fraction of sp³-hybridized carbons (Fsp3) is 0.500. The van der Waals surface area contributed by atoms with Crippen molar-refractivity contribution >= 4 is 11.4 Å². The van der Waals surface area contributed by atoms with Crippen LogP contribution < -0.4 is 10.2 Å². The predicted octanol–water partition coefficient (Wildman–Crippen LogP) is 3.35. The van der Waals surface area contributed by atoms with Crippen LogP contribution in [0.5, 0.6) is 0 Å². The standard InChI is InChI=1S/C12H15F3N2/c1-3-17-7-8(2)16-10-6-9(12(13,14)15)4-5-11(10)17/h4-6,8,16H,3,7H2,1-2H3. The van der Waals surface area contributed by atoms with Crippen LogP contribution in [0, 0.1) is 0 Å². The van der Waals surface area contributed by atoms with Crippen LogP contribution in [0.15, 0.2) is 18.2 Å². The minimum absolute atomic E-state index is 0.158. The van der Waals surface area contributed by atoms with Gasteiger partial charge in [-0.3, -0.25) is 0 Å². The molecule has 0 aromatic heterocycles. The van der Waals surface area contributed by atoms with Gasteiger partial charge in [0.15, 0.2) is 0 Å². The summed E-state index contributed by atoms with van der Waals surface area (Å²) in [5, 5.41) is 3.09. The second kappa shape index (κ2) is 4.13. The Kier molecular flexibility index (Phi) is 2.93. The van der Waals surface area contributed by atoms with Gasteiger partial charge < -0.3 is 10.2 Å². The number of hydrogen-bond acceptors (Lipinski definition) is 2. The summed E-state index contributed by atoms with van der Waals surface area (Å²) in [7, 11) is 0. The summed E-state index contributed by atoms with van der Waals surface area (Å²) in [6.07, 6.45) is -4.28. The summed E-state index contributed by atoms with van der Waals surface area (Å²) in [6, 6.07) is 4.03. The maximum atomic E-state index is 12.6. The quantitative estimate of drug-likeness (QED) is 0.815. The molecule has 1 atom stereocenters. The summed E-state index contributed by atoms with van der Waals surface area (Å²) in [5.41, 5.74) is 0.813. The highest BCUT2D eigenvalue weighted by Crippen LogP contribution is 2.37. The zero-order valence-corrected chi connectivity index (χ0v) is 9.80. The van der Waals surface area contributed by atoms with E-state index in [4.69, 9.17) is 0 Å². The summed E-state index contributed by atoms with van der Waals surface area (Å²) < 4.78 is 37.8. The molecule has 1 heterocycles. The molecule has 2 rings (SSSR count). The average molecular weight is 244 g/mol. The Balaban J connectivity index is 2.41. The van der Waals surface area contributed by atoms with Crippen molar-refractivity contribution in [3.8, 4) is 0 Å². The third kappa shape index (κ3) is 2.33. The molecule has 0 amide bonds. The molecule has 0 radical (unpaired) electrons. The van der Waals surface area contributed by atoms with Gasteiger partial charge in [-0.15, -0.1) is 0 Å². The van der Waals surface area contributed by atoms with Gasteiger partial charge in [0.1, 0.15) is 0 Å². The van der Waals surface area contributed by atoms with E-state index in [0.717, 1.165) is 24.8 Å². The second-order valence-corrected chi connectivity index (χ2v) is 4.31. The van der Waals surface area contributed by atoms with Crippen LogP contribution in [0.2, 0.25) is 0 Å². The fourth-order valence-corrected chi connectivity index (χ4v) is 2.14. The summed E-state index contributed by atoms with van der Waals surface area (Å²) in [4.78, 5) is 2.08. The first-order valence-corrected chi connectivity index (χ1v) is 5.64. The minimum Gasteiger partial charge on any atom is -0.379 e. The highest BCUT2D eigenvalue weighted by molar-refractivity contribution is 5.73. The van der Waals surface area contributed by atoms with Gasteiger partial charge in [0.25, 0.3) is 0 Å². The van der Waals surface area contributed by atoms with E-state index in [2.05, 4.69) is 10.2 Å². The van der Waals surface area contributed by atoms with E-state index in [1.165, 1.54) is 6.07 Å². The number of hydrogen-bond donors (Lipinski definition) is 1. The van der Waals surface area contributed by atoms with Crippen LogP contribution in [0.1, 0.15) is 19.4 Å². The number of nitrogens with zero attached hydrogens (tertiary/aromatic N) is 1. The number of anilines is 2. The molecule has 0 bridgehead atoms. The summed E-state index contributed by atoms with van der Waals surface area (Å²) >= 11 is 0. The SMILES string of the molecule is CCN1CC(C)Nc2cc(C(F)(F)F)ccc21. The number of likely N-dealkylation sites (N-methyl/N-ethyl adjacent to an activating group) is 1. The minimum atomic E-state index is -4.28. The van der Waals surface area contributed by atoms with Gasteiger partial charge in [0, 0.05) is 19.1 Å². The molecule has 0 saturated carbocycles. The first-order valence-electron chi connectivity index (χ1n) is 5.64. The third-order valence-corrected chi connectivity index (χ3v) is 2.94. The van der Waals surface area contributed by atoms with E-state index < -0.39 is 11.7 Å². The van der Waals surface area contributed by atoms with E-state index in [0.29, 0.717) is 5.69 Å². The Bertz CT molecular complexity index is 415. The number of nitrogens with one attached hydrogen (secondary N) is 1. The lowest BCUT2D eigenvalue weighted by Gasteiger charge is -2.35. The number of halogens is 3. The summed E-state index contributed by atoms with van der Waals surface area (Å²) in [6.45, 7) is 5.57. The number of benzene rings is 1. The largest absolute Gasteiger partial charge is 0.416 e. The lowest BCUT2D eigenvalue weighted by atomic mass is 10.1. The Labute approximate surface area is 98.4 Å². The topological polar surface area (TPSA) is 15.3 Å². The van der Waals surface area contributed by atoms with Crippen molar-refractivity contribution < 1.29 is 13.2 Å². The highest BCUT2D eigenvalue weighted by Gasteiger charge is 2.32. The Morgan fingerprint density at radius 1 is 1.41 bits per heavy atom. The zero-order valence-electron chi connectivity index (χ0n) is 9.80. The number of fused-ring (bicyclic) bond motifs is 1. The molecule has 1 aromatic carbocycles. The maximum absolute atomic E-state index is 12.6. The van der Waals surface area contributed by atoms with Gasteiger partial charge in [-0.2, -0.15) is 13.2 Å². The Morgan fingerprint density at radius 3 is 2.71 bits per heavy atom. The van der Waals surface area contributed by atoms with Crippen LogP contribution in [0.4, 0.5) is 24.5 Å². The molecule has 1 aliphatic heterocycles.